The van der Waals surface area contributed by atoms with Crippen LogP contribution < -0.4 is 5.56 Å². The van der Waals surface area contributed by atoms with Gasteiger partial charge in [0.25, 0.3) is 5.56 Å². The Balaban J connectivity index is 2.80. The lowest BCUT2D eigenvalue weighted by atomic mass is 10.2. The fourth-order valence-electron chi connectivity index (χ4n) is 1.85. The van der Waals surface area contributed by atoms with Crippen LogP contribution in [0, 0.1) is 13.8 Å². The second-order valence-electron chi connectivity index (χ2n) is 4.20. The van der Waals surface area contributed by atoms with Crippen molar-refractivity contribution in [1.82, 2.24) is 9.55 Å². The first kappa shape index (κ1) is 12.0. The van der Waals surface area contributed by atoms with Crippen LogP contribution in [0.2, 0.25) is 0 Å². The van der Waals surface area contributed by atoms with Gasteiger partial charge in [-0.1, -0.05) is 0 Å². The molecule has 0 saturated carbocycles. The first-order chi connectivity index (χ1) is 7.91. The zero-order chi connectivity index (χ0) is 12.7. The molecule has 2 heterocycles. The number of fused-ring (bicyclic) bond motifs is 1. The van der Waals surface area contributed by atoms with Crippen LogP contribution >= 0.6 is 11.3 Å². The lowest BCUT2D eigenvalue weighted by Gasteiger charge is -2.14. The number of carbonyl (C=O) groups excluding carboxylic acids is 1. The van der Waals surface area contributed by atoms with Crippen molar-refractivity contribution in [1.29, 1.82) is 0 Å². The predicted octanol–water partition coefficient (Wildman–Crippen LogP) is 2.22. The lowest BCUT2D eigenvalue weighted by Crippen LogP contribution is -2.29. The van der Waals surface area contributed by atoms with E-state index in [0.29, 0.717) is 11.2 Å². The van der Waals surface area contributed by atoms with Crippen LogP contribution in [0.1, 0.15) is 30.6 Å². The standard InChI is InChI=1S/C12H14N2O2S/c1-6-5-10-11(17-6)13-9(4)14(12(10)16)7(2)8(3)15/h5,7H,1-4H3. The molecule has 0 aliphatic heterocycles. The van der Waals surface area contributed by atoms with E-state index in [1.165, 1.54) is 22.8 Å². The third kappa shape index (κ3) is 1.91. The molecular weight excluding hydrogens is 236 g/mol. The minimum absolute atomic E-state index is 0.0386. The smallest absolute Gasteiger partial charge is 0.262 e. The Morgan fingerprint density at radius 3 is 2.71 bits per heavy atom. The van der Waals surface area contributed by atoms with E-state index < -0.39 is 6.04 Å². The summed E-state index contributed by atoms with van der Waals surface area (Å²) in [6.07, 6.45) is 0. The van der Waals surface area contributed by atoms with E-state index in [4.69, 9.17) is 0 Å². The largest absolute Gasteiger partial charge is 0.298 e. The normalized spacial score (nSPS) is 12.9. The van der Waals surface area contributed by atoms with E-state index in [2.05, 4.69) is 4.98 Å². The van der Waals surface area contributed by atoms with E-state index >= 15 is 0 Å². The highest BCUT2D eigenvalue weighted by atomic mass is 32.1. The van der Waals surface area contributed by atoms with Gasteiger partial charge in [-0.25, -0.2) is 4.98 Å². The molecule has 4 nitrogen and oxygen atoms in total. The number of Topliss-reactive ketones (excluding diaryl/α,β-unsaturated/α-hetero) is 1. The maximum atomic E-state index is 12.3. The number of aryl methyl sites for hydroxylation is 2. The summed E-state index contributed by atoms with van der Waals surface area (Å²) < 4.78 is 1.47. The number of rotatable bonds is 2. The second kappa shape index (κ2) is 4.07. The van der Waals surface area contributed by atoms with Crippen LogP contribution in [0.4, 0.5) is 0 Å². The van der Waals surface area contributed by atoms with Crippen molar-refractivity contribution in [3.63, 3.8) is 0 Å². The molecule has 2 aromatic rings. The number of ketones is 1. The molecule has 0 spiro atoms. The van der Waals surface area contributed by atoms with Crippen LogP contribution in [0.3, 0.4) is 0 Å². The van der Waals surface area contributed by atoms with Crippen molar-refractivity contribution < 1.29 is 4.79 Å². The van der Waals surface area contributed by atoms with E-state index in [1.54, 1.807) is 13.8 Å². The van der Waals surface area contributed by atoms with Gasteiger partial charge >= 0.3 is 0 Å². The molecule has 0 fully saturated rings. The molecule has 0 aliphatic carbocycles. The van der Waals surface area contributed by atoms with Crippen molar-refractivity contribution in [2.24, 2.45) is 0 Å². The number of hydrogen-bond acceptors (Lipinski definition) is 4. The summed E-state index contributed by atoms with van der Waals surface area (Å²) >= 11 is 1.50. The van der Waals surface area contributed by atoms with Gasteiger partial charge in [0.05, 0.1) is 11.4 Å². The summed E-state index contributed by atoms with van der Waals surface area (Å²) in [6.45, 7) is 6.91. The van der Waals surface area contributed by atoms with E-state index in [0.717, 1.165) is 9.71 Å². The molecule has 90 valence electrons. The first-order valence-electron chi connectivity index (χ1n) is 5.41. The molecule has 0 aromatic carbocycles. The number of hydrogen-bond donors (Lipinski definition) is 0. The Kier molecular flexibility index (Phi) is 2.87. The molecule has 0 N–H and O–H groups in total. The van der Waals surface area contributed by atoms with Gasteiger partial charge in [0, 0.05) is 4.88 Å². The van der Waals surface area contributed by atoms with E-state index in [1.807, 2.05) is 13.0 Å². The molecule has 2 rings (SSSR count). The Hall–Kier alpha value is -1.49. The van der Waals surface area contributed by atoms with Crippen molar-refractivity contribution in [2.45, 2.75) is 33.7 Å². The van der Waals surface area contributed by atoms with E-state index in [9.17, 15) is 9.59 Å². The molecule has 0 amide bonds. The Morgan fingerprint density at radius 2 is 2.12 bits per heavy atom. The van der Waals surface area contributed by atoms with Crippen LogP contribution in [-0.2, 0) is 4.79 Å². The van der Waals surface area contributed by atoms with Crippen molar-refractivity contribution in [3.8, 4) is 0 Å². The van der Waals surface area contributed by atoms with Gasteiger partial charge in [0.15, 0.2) is 5.78 Å². The molecule has 17 heavy (non-hydrogen) atoms. The summed E-state index contributed by atoms with van der Waals surface area (Å²) in [4.78, 5) is 29.9. The van der Waals surface area contributed by atoms with Crippen molar-refractivity contribution in [2.75, 3.05) is 0 Å². The summed E-state index contributed by atoms with van der Waals surface area (Å²) in [7, 11) is 0. The Bertz CT molecular complexity index is 654. The fraction of sp³-hybridized carbons (Fsp3) is 0.417. The molecule has 2 aromatic heterocycles. The molecule has 0 saturated heterocycles. The summed E-state index contributed by atoms with van der Waals surface area (Å²) in [5, 5.41) is 0.603. The van der Waals surface area contributed by atoms with Crippen molar-refractivity contribution in [3.05, 3.63) is 27.1 Å². The van der Waals surface area contributed by atoms with Crippen LogP contribution in [0.5, 0.6) is 0 Å². The zero-order valence-corrected chi connectivity index (χ0v) is 11.1. The third-order valence-corrected chi connectivity index (χ3v) is 3.82. The minimum atomic E-state index is -0.459. The highest BCUT2D eigenvalue weighted by Gasteiger charge is 2.17. The highest BCUT2D eigenvalue weighted by molar-refractivity contribution is 7.18. The quantitative estimate of drug-likeness (QED) is 0.821. The SMILES string of the molecule is CC(=O)C(C)n1c(C)nc2sc(C)cc2c1=O. The number of carbonyl (C=O) groups is 1. The third-order valence-electron chi connectivity index (χ3n) is 2.87. The number of nitrogens with zero attached hydrogens (tertiary/aromatic N) is 2. The lowest BCUT2D eigenvalue weighted by molar-refractivity contribution is -0.119. The van der Waals surface area contributed by atoms with Gasteiger partial charge in [-0.05, 0) is 33.8 Å². The van der Waals surface area contributed by atoms with Gasteiger partial charge in [-0.3, -0.25) is 14.2 Å². The number of thiophene rings is 1. The Labute approximate surface area is 103 Å². The highest BCUT2D eigenvalue weighted by Crippen LogP contribution is 2.21. The topological polar surface area (TPSA) is 52.0 Å². The average molecular weight is 250 g/mol. The maximum Gasteiger partial charge on any atom is 0.262 e. The zero-order valence-electron chi connectivity index (χ0n) is 10.3. The van der Waals surface area contributed by atoms with Crippen molar-refractivity contribution >= 4 is 27.3 Å². The van der Waals surface area contributed by atoms with Crippen LogP contribution in [0.15, 0.2) is 10.9 Å². The summed E-state index contributed by atoms with van der Waals surface area (Å²) in [6, 6.07) is 1.37. The summed E-state index contributed by atoms with van der Waals surface area (Å²) in [5.74, 6) is 0.551. The Morgan fingerprint density at radius 1 is 1.47 bits per heavy atom. The number of aromatic nitrogens is 2. The van der Waals surface area contributed by atoms with Gasteiger partial charge < -0.3 is 0 Å². The predicted molar refractivity (Wildman–Crippen MR) is 68.7 cm³/mol. The molecule has 0 bridgehead atoms. The van der Waals surface area contributed by atoms with Gasteiger partial charge in [0.1, 0.15) is 10.7 Å². The molecule has 0 aliphatic rings. The molecule has 0 radical (unpaired) electrons. The maximum absolute atomic E-state index is 12.3. The van der Waals surface area contributed by atoms with Gasteiger partial charge in [0.2, 0.25) is 0 Å². The first-order valence-corrected chi connectivity index (χ1v) is 6.23. The average Bonchev–Trinajstić information content (AvgIpc) is 2.58. The molecular formula is C12H14N2O2S. The molecule has 1 unspecified atom stereocenters. The summed E-state index contributed by atoms with van der Waals surface area (Å²) in [5.41, 5.74) is -0.125. The molecule has 1 atom stereocenters. The molecule has 5 heteroatoms. The second-order valence-corrected chi connectivity index (χ2v) is 5.43. The van der Waals surface area contributed by atoms with Crippen LogP contribution in [0.25, 0.3) is 10.2 Å². The van der Waals surface area contributed by atoms with Crippen LogP contribution in [-0.4, -0.2) is 15.3 Å². The monoisotopic (exact) mass is 250 g/mol. The van der Waals surface area contributed by atoms with Gasteiger partial charge in [-0.15, -0.1) is 11.3 Å². The minimum Gasteiger partial charge on any atom is -0.298 e. The fourth-order valence-corrected chi connectivity index (χ4v) is 2.77. The van der Waals surface area contributed by atoms with Gasteiger partial charge in [-0.2, -0.15) is 0 Å². The van der Waals surface area contributed by atoms with E-state index in [-0.39, 0.29) is 11.3 Å².